The summed E-state index contributed by atoms with van der Waals surface area (Å²) >= 11 is 0. The SMILES string of the molecule is CNCc1cc(-c2c(C)cc(C)cc2C)ccc1OC. The average molecular weight is 269 g/mol. The first-order valence-corrected chi connectivity index (χ1v) is 6.96. The first-order valence-electron chi connectivity index (χ1n) is 6.96. The van der Waals surface area contributed by atoms with Gasteiger partial charge in [0.2, 0.25) is 0 Å². The van der Waals surface area contributed by atoms with Crippen molar-refractivity contribution in [3.63, 3.8) is 0 Å². The molecule has 0 aliphatic carbocycles. The van der Waals surface area contributed by atoms with Gasteiger partial charge in [0.15, 0.2) is 0 Å². The zero-order valence-corrected chi connectivity index (χ0v) is 13.0. The van der Waals surface area contributed by atoms with E-state index in [0.29, 0.717) is 0 Å². The molecule has 2 rings (SSSR count). The van der Waals surface area contributed by atoms with Crippen molar-refractivity contribution in [3.8, 4) is 16.9 Å². The molecule has 0 bridgehead atoms. The highest BCUT2D eigenvalue weighted by Crippen LogP contribution is 2.31. The lowest BCUT2D eigenvalue weighted by molar-refractivity contribution is 0.408. The lowest BCUT2D eigenvalue weighted by Gasteiger charge is -2.15. The fraction of sp³-hybridized carbons (Fsp3) is 0.333. The van der Waals surface area contributed by atoms with E-state index in [1.807, 2.05) is 7.05 Å². The largest absolute Gasteiger partial charge is 0.496 e. The second-order valence-corrected chi connectivity index (χ2v) is 5.33. The summed E-state index contributed by atoms with van der Waals surface area (Å²) in [5, 5.41) is 3.20. The zero-order chi connectivity index (χ0) is 14.7. The Morgan fingerprint density at radius 3 is 2.20 bits per heavy atom. The molecule has 2 aromatic carbocycles. The molecule has 0 aliphatic rings. The summed E-state index contributed by atoms with van der Waals surface area (Å²) in [5.41, 5.74) is 7.73. The Bertz CT molecular complexity index is 594. The van der Waals surface area contributed by atoms with Gasteiger partial charge < -0.3 is 10.1 Å². The van der Waals surface area contributed by atoms with Gasteiger partial charge in [-0.15, -0.1) is 0 Å². The van der Waals surface area contributed by atoms with Crippen LogP contribution < -0.4 is 10.1 Å². The summed E-state index contributed by atoms with van der Waals surface area (Å²) in [6.45, 7) is 7.31. The summed E-state index contributed by atoms with van der Waals surface area (Å²) in [5.74, 6) is 0.936. The van der Waals surface area contributed by atoms with Gasteiger partial charge in [-0.2, -0.15) is 0 Å². The summed E-state index contributed by atoms with van der Waals surface area (Å²) < 4.78 is 5.43. The number of benzene rings is 2. The maximum Gasteiger partial charge on any atom is 0.123 e. The molecule has 0 aliphatic heterocycles. The Morgan fingerprint density at radius 2 is 1.65 bits per heavy atom. The van der Waals surface area contributed by atoms with Gasteiger partial charge in [0.05, 0.1) is 7.11 Å². The number of rotatable bonds is 4. The summed E-state index contributed by atoms with van der Waals surface area (Å²) in [7, 11) is 3.67. The second kappa shape index (κ2) is 6.10. The normalized spacial score (nSPS) is 10.7. The van der Waals surface area contributed by atoms with Crippen molar-refractivity contribution in [3.05, 3.63) is 52.6 Å². The fourth-order valence-electron chi connectivity index (χ4n) is 2.90. The Morgan fingerprint density at radius 1 is 1.00 bits per heavy atom. The molecule has 106 valence electrons. The minimum absolute atomic E-state index is 0.807. The van der Waals surface area contributed by atoms with Crippen LogP contribution in [0.2, 0.25) is 0 Å². The van der Waals surface area contributed by atoms with Gasteiger partial charge >= 0.3 is 0 Å². The Kier molecular flexibility index (Phi) is 4.46. The van der Waals surface area contributed by atoms with Crippen LogP contribution in [0.3, 0.4) is 0 Å². The van der Waals surface area contributed by atoms with Crippen molar-refractivity contribution in [1.29, 1.82) is 0 Å². The molecular weight excluding hydrogens is 246 g/mol. The third kappa shape index (κ3) is 2.86. The molecule has 0 amide bonds. The number of ether oxygens (including phenoxy) is 1. The van der Waals surface area contributed by atoms with Crippen LogP contribution in [-0.4, -0.2) is 14.2 Å². The molecule has 2 heteroatoms. The minimum Gasteiger partial charge on any atom is -0.496 e. The molecule has 2 aromatic rings. The van der Waals surface area contributed by atoms with Crippen molar-refractivity contribution >= 4 is 0 Å². The van der Waals surface area contributed by atoms with Gasteiger partial charge in [-0.05, 0) is 62.2 Å². The fourth-order valence-corrected chi connectivity index (χ4v) is 2.90. The predicted molar refractivity (Wildman–Crippen MR) is 85.4 cm³/mol. The lowest BCUT2D eigenvalue weighted by Crippen LogP contribution is -2.07. The zero-order valence-electron chi connectivity index (χ0n) is 13.0. The molecule has 0 fully saturated rings. The average Bonchev–Trinajstić information content (AvgIpc) is 2.38. The number of nitrogens with one attached hydrogen (secondary N) is 1. The van der Waals surface area contributed by atoms with E-state index in [4.69, 9.17) is 4.74 Å². The van der Waals surface area contributed by atoms with Gasteiger partial charge in [-0.25, -0.2) is 0 Å². The van der Waals surface area contributed by atoms with Gasteiger partial charge in [0.1, 0.15) is 5.75 Å². The minimum atomic E-state index is 0.807. The van der Waals surface area contributed by atoms with Crippen LogP contribution in [-0.2, 0) is 6.54 Å². The topological polar surface area (TPSA) is 21.3 Å². The first kappa shape index (κ1) is 14.6. The molecular formula is C18H23NO. The molecule has 0 aromatic heterocycles. The molecule has 0 saturated carbocycles. The molecule has 0 saturated heterocycles. The molecule has 20 heavy (non-hydrogen) atoms. The molecule has 0 heterocycles. The Balaban J connectivity index is 2.56. The van der Waals surface area contributed by atoms with Crippen molar-refractivity contribution in [2.24, 2.45) is 0 Å². The van der Waals surface area contributed by atoms with Crippen LogP contribution in [0.4, 0.5) is 0 Å². The van der Waals surface area contributed by atoms with Crippen molar-refractivity contribution < 1.29 is 4.74 Å². The predicted octanol–water partition coefficient (Wildman–Crippen LogP) is 4.01. The highest BCUT2D eigenvalue weighted by molar-refractivity contribution is 5.72. The van der Waals surface area contributed by atoms with E-state index >= 15 is 0 Å². The van der Waals surface area contributed by atoms with E-state index in [1.165, 1.54) is 33.4 Å². The standard InChI is InChI=1S/C18H23NO/c1-12-8-13(2)18(14(3)9-12)15-6-7-17(20-5)16(10-15)11-19-4/h6-10,19H,11H2,1-5H3. The van der Waals surface area contributed by atoms with Gasteiger partial charge in [-0.1, -0.05) is 23.8 Å². The Hall–Kier alpha value is -1.80. The van der Waals surface area contributed by atoms with E-state index in [2.05, 4.69) is 56.4 Å². The van der Waals surface area contributed by atoms with Crippen LogP contribution in [0.15, 0.2) is 30.3 Å². The van der Waals surface area contributed by atoms with Crippen LogP contribution >= 0.6 is 0 Å². The maximum absolute atomic E-state index is 5.43. The van der Waals surface area contributed by atoms with Crippen LogP contribution in [0.5, 0.6) is 5.75 Å². The van der Waals surface area contributed by atoms with E-state index < -0.39 is 0 Å². The summed E-state index contributed by atoms with van der Waals surface area (Å²) in [4.78, 5) is 0. The van der Waals surface area contributed by atoms with Gasteiger partial charge in [-0.3, -0.25) is 0 Å². The molecule has 2 nitrogen and oxygen atoms in total. The monoisotopic (exact) mass is 269 g/mol. The van der Waals surface area contributed by atoms with Gasteiger partial charge in [0, 0.05) is 12.1 Å². The van der Waals surface area contributed by atoms with E-state index in [9.17, 15) is 0 Å². The van der Waals surface area contributed by atoms with Gasteiger partial charge in [0.25, 0.3) is 0 Å². The molecule has 0 spiro atoms. The number of hydrogen-bond donors (Lipinski definition) is 1. The Labute approximate surface area is 121 Å². The van der Waals surface area contributed by atoms with Crippen LogP contribution in [0.25, 0.3) is 11.1 Å². The maximum atomic E-state index is 5.43. The second-order valence-electron chi connectivity index (χ2n) is 5.33. The summed E-state index contributed by atoms with van der Waals surface area (Å²) in [6, 6.07) is 10.9. The number of hydrogen-bond acceptors (Lipinski definition) is 2. The van der Waals surface area contributed by atoms with Crippen LogP contribution in [0.1, 0.15) is 22.3 Å². The quantitative estimate of drug-likeness (QED) is 0.905. The highest BCUT2D eigenvalue weighted by atomic mass is 16.5. The van der Waals surface area contributed by atoms with Crippen molar-refractivity contribution in [1.82, 2.24) is 5.32 Å². The van der Waals surface area contributed by atoms with Crippen molar-refractivity contribution in [2.45, 2.75) is 27.3 Å². The third-order valence-corrected chi connectivity index (χ3v) is 3.61. The van der Waals surface area contributed by atoms with E-state index in [-0.39, 0.29) is 0 Å². The molecule has 0 atom stereocenters. The van der Waals surface area contributed by atoms with Crippen LogP contribution in [0, 0.1) is 20.8 Å². The van der Waals surface area contributed by atoms with E-state index in [1.54, 1.807) is 7.11 Å². The van der Waals surface area contributed by atoms with Crippen molar-refractivity contribution in [2.75, 3.05) is 14.2 Å². The number of aryl methyl sites for hydroxylation is 3. The lowest BCUT2D eigenvalue weighted by atomic mass is 9.92. The van der Waals surface area contributed by atoms with E-state index in [0.717, 1.165) is 12.3 Å². The smallest absolute Gasteiger partial charge is 0.123 e. The summed E-state index contributed by atoms with van der Waals surface area (Å²) in [6.07, 6.45) is 0. The third-order valence-electron chi connectivity index (χ3n) is 3.61. The highest BCUT2D eigenvalue weighted by Gasteiger charge is 2.10. The molecule has 0 unspecified atom stereocenters. The molecule has 0 radical (unpaired) electrons. The number of methoxy groups -OCH3 is 1. The molecule has 1 N–H and O–H groups in total. The first-order chi connectivity index (χ1) is 9.56.